The van der Waals surface area contributed by atoms with Crippen molar-refractivity contribution in [1.29, 1.82) is 0 Å². The molecule has 0 heterocycles. The first kappa shape index (κ1) is 5.95. The molecular weight excluding hydrogens is 112 g/mol. The van der Waals surface area contributed by atoms with E-state index in [2.05, 4.69) is 5.32 Å². The molecule has 48 valence electrons. The van der Waals surface area contributed by atoms with Crippen LogP contribution in [0.25, 0.3) is 0 Å². The summed E-state index contributed by atoms with van der Waals surface area (Å²) in [4.78, 5) is 0. The zero-order valence-electron chi connectivity index (χ0n) is 5.39. The minimum absolute atomic E-state index is 0.800. The van der Waals surface area contributed by atoms with E-state index in [0.717, 1.165) is 11.4 Å². The molecule has 1 aromatic rings. The van der Waals surface area contributed by atoms with Crippen LogP contribution >= 0.6 is 0 Å². The van der Waals surface area contributed by atoms with Crippen LogP contribution in [0, 0.1) is 0 Å². The first-order chi connectivity index (χ1) is 4.33. The van der Waals surface area contributed by atoms with Crippen molar-refractivity contribution in [2.45, 2.75) is 0 Å². The van der Waals surface area contributed by atoms with E-state index in [4.69, 9.17) is 5.73 Å². The Kier molecular flexibility index (Phi) is 1.58. The highest BCUT2D eigenvalue weighted by molar-refractivity contribution is 5.50. The summed E-state index contributed by atoms with van der Waals surface area (Å²) in [6.07, 6.45) is 0. The van der Waals surface area contributed by atoms with Crippen molar-refractivity contribution in [2.24, 2.45) is 0 Å². The van der Waals surface area contributed by atoms with Gasteiger partial charge in [-0.3, -0.25) is 0 Å². The van der Waals surface area contributed by atoms with E-state index in [1.54, 1.807) is 0 Å². The molecule has 0 aliphatic heterocycles. The molecule has 0 aliphatic rings. The number of benzene rings is 1. The molecule has 0 aromatic heterocycles. The Bertz CT molecular complexity index is 179. The Morgan fingerprint density at radius 2 is 1.78 bits per heavy atom. The van der Waals surface area contributed by atoms with E-state index in [9.17, 15) is 0 Å². The van der Waals surface area contributed by atoms with Crippen molar-refractivity contribution < 1.29 is 0 Å². The lowest BCUT2D eigenvalue weighted by atomic mass is 10.3. The van der Waals surface area contributed by atoms with E-state index in [0.29, 0.717) is 0 Å². The third kappa shape index (κ3) is 1.35. The minimum Gasteiger partial charge on any atom is -0.399 e. The summed E-state index contributed by atoms with van der Waals surface area (Å²) in [6, 6.07) is 7.61. The highest BCUT2D eigenvalue weighted by Gasteiger charge is 1.84. The van der Waals surface area contributed by atoms with Crippen LogP contribution in [-0.4, -0.2) is 7.05 Å². The molecule has 1 aromatic carbocycles. The second kappa shape index (κ2) is 2.40. The topological polar surface area (TPSA) is 38.0 Å². The monoisotopic (exact) mass is 122 g/mol. The van der Waals surface area contributed by atoms with Crippen LogP contribution in [0.2, 0.25) is 0 Å². The predicted octanol–water partition coefficient (Wildman–Crippen LogP) is 1.31. The van der Waals surface area contributed by atoms with Gasteiger partial charge >= 0.3 is 0 Å². The van der Waals surface area contributed by atoms with Gasteiger partial charge in [-0.05, 0) is 24.3 Å². The average Bonchev–Trinajstić information content (AvgIpc) is 1.90. The summed E-state index contributed by atoms with van der Waals surface area (Å²) in [7, 11) is 1.88. The first-order valence-electron chi connectivity index (χ1n) is 2.86. The predicted molar refractivity (Wildman–Crippen MR) is 40.4 cm³/mol. The normalized spacial score (nSPS) is 9.00. The Balaban J connectivity index is 2.88. The van der Waals surface area contributed by atoms with Gasteiger partial charge in [0.05, 0.1) is 0 Å². The van der Waals surface area contributed by atoms with Crippen molar-refractivity contribution >= 4 is 11.4 Å². The van der Waals surface area contributed by atoms with Crippen molar-refractivity contribution in [3.8, 4) is 0 Å². The largest absolute Gasteiger partial charge is 0.399 e. The van der Waals surface area contributed by atoms with Gasteiger partial charge in [-0.25, -0.2) is 0 Å². The van der Waals surface area contributed by atoms with Crippen molar-refractivity contribution in [3.05, 3.63) is 24.3 Å². The third-order valence-electron chi connectivity index (χ3n) is 1.20. The molecule has 0 radical (unpaired) electrons. The summed E-state index contributed by atoms with van der Waals surface area (Å²) in [5.74, 6) is 0. The summed E-state index contributed by atoms with van der Waals surface area (Å²) in [6.45, 7) is 0. The molecule has 0 spiro atoms. The molecule has 0 fully saturated rings. The number of nitrogens with one attached hydrogen (secondary N) is 1. The average molecular weight is 122 g/mol. The van der Waals surface area contributed by atoms with Gasteiger partial charge in [0.25, 0.3) is 0 Å². The minimum atomic E-state index is 0.800. The molecule has 3 N–H and O–H groups in total. The number of rotatable bonds is 1. The van der Waals surface area contributed by atoms with Crippen molar-refractivity contribution in [2.75, 3.05) is 18.1 Å². The van der Waals surface area contributed by atoms with E-state index >= 15 is 0 Å². The second-order valence-electron chi connectivity index (χ2n) is 1.87. The fourth-order valence-electron chi connectivity index (χ4n) is 0.650. The van der Waals surface area contributed by atoms with Crippen molar-refractivity contribution in [1.82, 2.24) is 0 Å². The Morgan fingerprint density at radius 3 is 2.22 bits per heavy atom. The number of anilines is 2. The maximum Gasteiger partial charge on any atom is 0.0339 e. The summed E-state index contributed by atoms with van der Waals surface area (Å²) in [5, 5.41) is 3.00. The van der Waals surface area contributed by atoms with Crippen LogP contribution in [0.5, 0.6) is 0 Å². The maximum atomic E-state index is 5.45. The Hall–Kier alpha value is -1.18. The molecule has 9 heavy (non-hydrogen) atoms. The zero-order chi connectivity index (χ0) is 6.69. The van der Waals surface area contributed by atoms with E-state index in [-0.39, 0.29) is 0 Å². The zero-order valence-corrected chi connectivity index (χ0v) is 5.39. The van der Waals surface area contributed by atoms with Crippen LogP contribution in [-0.2, 0) is 0 Å². The van der Waals surface area contributed by atoms with E-state index in [1.807, 2.05) is 31.3 Å². The summed E-state index contributed by atoms with van der Waals surface area (Å²) in [5.41, 5.74) is 7.34. The maximum absolute atomic E-state index is 5.45. The SMILES string of the molecule is CNc1ccc(N)cc1. The number of hydrogen-bond acceptors (Lipinski definition) is 2. The third-order valence-corrected chi connectivity index (χ3v) is 1.20. The Labute approximate surface area is 54.7 Å². The smallest absolute Gasteiger partial charge is 0.0339 e. The molecule has 0 unspecified atom stereocenters. The molecule has 0 saturated carbocycles. The number of nitrogen functional groups attached to an aromatic ring is 1. The van der Waals surface area contributed by atoms with Gasteiger partial charge in [0.1, 0.15) is 0 Å². The molecule has 0 aliphatic carbocycles. The first-order valence-corrected chi connectivity index (χ1v) is 2.86. The molecular formula is C7H10N2. The molecule has 2 nitrogen and oxygen atoms in total. The van der Waals surface area contributed by atoms with Gasteiger partial charge in [0.15, 0.2) is 0 Å². The van der Waals surface area contributed by atoms with Gasteiger partial charge in [-0.1, -0.05) is 0 Å². The van der Waals surface area contributed by atoms with Gasteiger partial charge in [-0.2, -0.15) is 0 Å². The van der Waals surface area contributed by atoms with E-state index < -0.39 is 0 Å². The molecule has 1 rings (SSSR count). The standard InChI is InChI=1S/C7H10N2/c1-9-7-4-2-6(8)3-5-7/h2-5,9H,8H2,1H3. The molecule has 2 heteroatoms. The van der Waals surface area contributed by atoms with Gasteiger partial charge < -0.3 is 11.1 Å². The van der Waals surface area contributed by atoms with E-state index in [1.165, 1.54) is 0 Å². The molecule has 0 amide bonds. The fourth-order valence-corrected chi connectivity index (χ4v) is 0.650. The van der Waals surface area contributed by atoms with Crippen LogP contribution in [0.4, 0.5) is 11.4 Å². The lowest BCUT2D eigenvalue weighted by Crippen LogP contribution is -1.88. The summed E-state index contributed by atoms with van der Waals surface area (Å²) < 4.78 is 0. The van der Waals surface area contributed by atoms with Gasteiger partial charge in [-0.15, -0.1) is 0 Å². The van der Waals surface area contributed by atoms with Crippen molar-refractivity contribution in [3.63, 3.8) is 0 Å². The molecule has 0 atom stereocenters. The fraction of sp³-hybridized carbons (Fsp3) is 0.143. The highest BCUT2D eigenvalue weighted by atomic mass is 14.8. The van der Waals surface area contributed by atoms with Crippen LogP contribution in [0.15, 0.2) is 24.3 Å². The van der Waals surface area contributed by atoms with Crippen LogP contribution in [0.1, 0.15) is 0 Å². The van der Waals surface area contributed by atoms with Gasteiger partial charge in [0, 0.05) is 18.4 Å². The van der Waals surface area contributed by atoms with Crippen LogP contribution in [0.3, 0.4) is 0 Å². The number of nitrogens with two attached hydrogens (primary N) is 1. The number of hydrogen-bond donors (Lipinski definition) is 2. The lowest BCUT2D eigenvalue weighted by Gasteiger charge is -1.97. The quantitative estimate of drug-likeness (QED) is 0.551. The molecule has 0 bridgehead atoms. The summed E-state index contributed by atoms with van der Waals surface area (Å²) >= 11 is 0. The van der Waals surface area contributed by atoms with Gasteiger partial charge in [0.2, 0.25) is 0 Å². The lowest BCUT2D eigenvalue weighted by molar-refractivity contribution is 1.51. The Morgan fingerprint density at radius 1 is 1.22 bits per heavy atom. The second-order valence-corrected chi connectivity index (χ2v) is 1.87. The van der Waals surface area contributed by atoms with Crippen LogP contribution < -0.4 is 11.1 Å². The highest BCUT2D eigenvalue weighted by Crippen LogP contribution is 2.08. The molecule has 0 saturated heterocycles.